The first kappa shape index (κ1) is 10.3. The van der Waals surface area contributed by atoms with Crippen LogP contribution >= 0.6 is 11.3 Å². The number of thiazole rings is 1. The SMILES string of the molecule is Cc1nc(Cn2c(N)nc3ccccc32)cs1. The third-order valence-electron chi connectivity index (χ3n) is 2.67. The maximum absolute atomic E-state index is 5.94. The van der Waals surface area contributed by atoms with Crippen LogP contribution in [0.1, 0.15) is 10.7 Å². The van der Waals surface area contributed by atoms with E-state index in [-0.39, 0.29) is 0 Å². The molecule has 0 aliphatic rings. The molecule has 2 heterocycles. The first-order valence-corrected chi connectivity index (χ1v) is 6.24. The molecule has 0 atom stereocenters. The molecule has 5 heteroatoms. The minimum Gasteiger partial charge on any atom is -0.369 e. The zero-order chi connectivity index (χ0) is 11.8. The molecular formula is C12H12N4S. The van der Waals surface area contributed by atoms with Gasteiger partial charge in [-0.1, -0.05) is 12.1 Å². The molecule has 0 saturated carbocycles. The Hall–Kier alpha value is -1.88. The number of nitrogen functional groups attached to an aromatic ring is 1. The number of benzene rings is 1. The number of aromatic nitrogens is 3. The van der Waals surface area contributed by atoms with Crippen LogP contribution in [0.4, 0.5) is 5.95 Å². The van der Waals surface area contributed by atoms with Crippen LogP contribution in [-0.4, -0.2) is 14.5 Å². The minimum absolute atomic E-state index is 0.539. The molecule has 0 saturated heterocycles. The Balaban J connectivity index is 2.08. The van der Waals surface area contributed by atoms with E-state index >= 15 is 0 Å². The normalized spacial score (nSPS) is 11.1. The van der Waals surface area contributed by atoms with Crippen molar-refractivity contribution in [2.75, 3.05) is 5.73 Å². The molecule has 0 radical (unpaired) electrons. The summed E-state index contributed by atoms with van der Waals surface area (Å²) in [5.41, 5.74) is 8.94. The molecule has 0 bridgehead atoms. The molecule has 0 aliphatic heterocycles. The summed E-state index contributed by atoms with van der Waals surface area (Å²) >= 11 is 1.65. The predicted octanol–water partition coefficient (Wildman–Crippen LogP) is 2.43. The van der Waals surface area contributed by atoms with E-state index in [9.17, 15) is 0 Å². The fourth-order valence-corrected chi connectivity index (χ4v) is 2.51. The Bertz CT molecular complexity index is 668. The van der Waals surface area contributed by atoms with Gasteiger partial charge in [-0.15, -0.1) is 11.3 Å². The van der Waals surface area contributed by atoms with E-state index in [1.54, 1.807) is 11.3 Å². The van der Waals surface area contributed by atoms with E-state index in [0.717, 1.165) is 21.7 Å². The number of nitrogens with two attached hydrogens (primary N) is 1. The van der Waals surface area contributed by atoms with Gasteiger partial charge >= 0.3 is 0 Å². The highest BCUT2D eigenvalue weighted by Crippen LogP contribution is 2.19. The Labute approximate surface area is 103 Å². The highest BCUT2D eigenvalue weighted by atomic mass is 32.1. The number of para-hydroxylation sites is 2. The fraction of sp³-hybridized carbons (Fsp3) is 0.167. The summed E-state index contributed by atoms with van der Waals surface area (Å²) in [5, 5.41) is 3.13. The van der Waals surface area contributed by atoms with Crippen molar-refractivity contribution in [2.45, 2.75) is 13.5 Å². The van der Waals surface area contributed by atoms with Crippen LogP contribution in [0, 0.1) is 6.92 Å². The van der Waals surface area contributed by atoms with Crippen LogP contribution in [0.2, 0.25) is 0 Å². The quantitative estimate of drug-likeness (QED) is 0.753. The van der Waals surface area contributed by atoms with Crippen LogP contribution in [0.25, 0.3) is 11.0 Å². The molecule has 0 amide bonds. The van der Waals surface area contributed by atoms with Gasteiger partial charge in [0.15, 0.2) is 0 Å². The topological polar surface area (TPSA) is 56.7 Å². The van der Waals surface area contributed by atoms with Crippen molar-refractivity contribution >= 4 is 28.3 Å². The molecule has 2 aromatic heterocycles. The zero-order valence-corrected chi connectivity index (χ0v) is 10.2. The van der Waals surface area contributed by atoms with E-state index in [4.69, 9.17) is 5.73 Å². The molecule has 3 rings (SSSR count). The van der Waals surface area contributed by atoms with Crippen molar-refractivity contribution in [1.82, 2.24) is 14.5 Å². The van der Waals surface area contributed by atoms with Crippen LogP contribution in [-0.2, 0) is 6.54 Å². The number of aryl methyl sites for hydroxylation is 1. The van der Waals surface area contributed by atoms with Gasteiger partial charge in [0.2, 0.25) is 5.95 Å². The van der Waals surface area contributed by atoms with Crippen LogP contribution < -0.4 is 5.73 Å². The summed E-state index contributed by atoms with van der Waals surface area (Å²) in [6.07, 6.45) is 0. The van der Waals surface area contributed by atoms with Gasteiger partial charge in [-0.3, -0.25) is 0 Å². The summed E-state index contributed by atoms with van der Waals surface area (Å²) in [5.74, 6) is 0.539. The molecule has 1 aromatic carbocycles. The van der Waals surface area contributed by atoms with E-state index in [1.165, 1.54) is 0 Å². The average Bonchev–Trinajstić information content (AvgIpc) is 2.85. The summed E-state index contributed by atoms with van der Waals surface area (Å²) in [6.45, 7) is 2.68. The predicted molar refractivity (Wildman–Crippen MR) is 70.1 cm³/mol. The Kier molecular flexibility index (Phi) is 2.33. The van der Waals surface area contributed by atoms with E-state index in [1.807, 2.05) is 35.8 Å². The summed E-state index contributed by atoms with van der Waals surface area (Å²) < 4.78 is 1.99. The van der Waals surface area contributed by atoms with Crippen molar-refractivity contribution in [1.29, 1.82) is 0 Å². The smallest absolute Gasteiger partial charge is 0.201 e. The molecule has 17 heavy (non-hydrogen) atoms. The van der Waals surface area contributed by atoms with Gasteiger partial charge in [0.25, 0.3) is 0 Å². The Morgan fingerprint density at radius 3 is 2.88 bits per heavy atom. The van der Waals surface area contributed by atoms with Crippen LogP contribution in [0.15, 0.2) is 29.6 Å². The van der Waals surface area contributed by atoms with E-state index < -0.39 is 0 Å². The lowest BCUT2D eigenvalue weighted by atomic mass is 10.3. The van der Waals surface area contributed by atoms with Gasteiger partial charge in [-0.2, -0.15) is 0 Å². The fourth-order valence-electron chi connectivity index (χ4n) is 1.90. The number of anilines is 1. The number of fused-ring (bicyclic) bond motifs is 1. The maximum Gasteiger partial charge on any atom is 0.201 e. The molecule has 2 N–H and O–H groups in total. The third kappa shape index (κ3) is 1.78. The number of hydrogen-bond donors (Lipinski definition) is 1. The second-order valence-electron chi connectivity index (χ2n) is 3.90. The third-order valence-corrected chi connectivity index (χ3v) is 3.49. The van der Waals surface area contributed by atoms with Gasteiger partial charge in [0, 0.05) is 5.38 Å². The van der Waals surface area contributed by atoms with Crippen molar-refractivity contribution in [3.05, 3.63) is 40.3 Å². The van der Waals surface area contributed by atoms with Gasteiger partial charge in [0.1, 0.15) is 0 Å². The first-order chi connectivity index (χ1) is 8.24. The number of hydrogen-bond acceptors (Lipinski definition) is 4. The molecule has 0 fully saturated rings. The molecule has 4 nitrogen and oxygen atoms in total. The second-order valence-corrected chi connectivity index (χ2v) is 4.96. The number of nitrogens with zero attached hydrogens (tertiary/aromatic N) is 3. The standard InChI is InChI=1S/C12H12N4S/c1-8-14-9(7-17-8)6-16-11-5-3-2-4-10(11)15-12(16)13/h2-5,7H,6H2,1H3,(H2,13,15). The number of rotatable bonds is 2. The summed E-state index contributed by atoms with van der Waals surface area (Å²) in [4.78, 5) is 8.78. The zero-order valence-electron chi connectivity index (χ0n) is 9.42. The minimum atomic E-state index is 0.539. The van der Waals surface area contributed by atoms with E-state index in [2.05, 4.69) is 15.3 Å². The monoisotopic (exact) mass is 244 g/mol. The van der Waals surface area contributed by atoms with Crippen molar-refractivity contribution in [3.63, 3.8) is 0 Å². The molecule has 0 spiro atoms. The van der Waals surface area contributed by atoms with Gasteiger partial charge in [-0.05, 0) is 19.1 Å². The van der Waals surface area contributed by atoms with Crippen LogP contribution in [0.5, 0.6) is 0 Å². The molecule has 86 valence electrons. The summed E-state index contributed by atoms with van der Waals surface area (Å²) in [7, 11) is 0. The highest BCUT2D eigenvalue weighted by molar-refractivity contribution is 7.09. The molecule has 3 aromatic rings. The first-order valence-electron chi connectivity index (χ1n) is 5.36. The largest absolute Gasteiger partial charge is 0.369 e. The van der Waals surface area contributed by atoms with Gasteiger partial charge in [-0.25, -0.2) is 9.97 Å². The second kappa shape index (κ2) is 3.85. The van der Waals surface area contributed by atoms with Crippen molar-refractivity contribution in [2.24, 2.45) is 0 Å². The highest BCUT2D eigenvalue weighted by Gasteiger charge is 2.08. The molecular weight excluding hydrogens is 232 g/mol. The maximum atomic E-state index is 5.94. The van der Waals surface area contributed by atoms with Crippen LogP contribution in [0.3, 0.4) is 0 Å². The van der Waals surface area contributed by atoms with Gasteiger partial charge in [0.05, 0.1) is 28.3 Å². The Morgan fingerprint density at radius 1 is 1.29 bits per heavy atom. The number of imidazole rings is 1. The average molecular weight is 244 g/mol. The Morgan fingerprint density at radius 2 is 2.12 bits per heavy atom. The summed E-state index contributed by atoms with van der Waals surface area (Å²) in [6, 6.07) is 7.95. The molecule has 0 unspecified atom stereocenters. The van der Waals surface area contributed by atoms with E-state index in [0.29, 0.717) is 12.5 Å². The van der Waals surface area contributed by atoms with Gasteiger partial charge < -0.3 is 10.3 Å². The lowest BCUT2D eigenvalue weighted by molar-refractivity contribution is 0.813. The lowest BCUT2D eigenvalue weighted by Gasteiger charge is -2.03. The molecule has 0 aliphatic carbocycles. The van der Waals surface area contributed by atoms with Crippen molar-refractivity contribution < 1.29 is 0 Å². The van der Waals surface area contributed by atoms with Crippen molar-refractivity contribution in [3.8, 4) is 0 Å². The lowest BCUT2D eigenvalue weighted by Crippen LogP contribution is -2.04.